The number of benzene rings is 1. The van der Waals surface area contributed by atoms with Gasteiger partial charge in [0.15, 0.2) is 5.69 Å². The van der Waals surface area contributed by atoms with E-state index < -0.39 is 0 Å². The van der Waals surface area contributed by atoms with Crippen molar-refractivity contribution >= 4 is 34.1 Å². The van der Waals surface area contributed by atoms with Crippen LogP contribution in [0.4, 0.5) is 5.69 Å². The highest BCUT2D eigenvalue weighted by Gasteiger charge is 2.16. The Balaban J connectivity index is 1.97. The van der Waals surface area contributed by atoms with Crippen LogP contribution in [0.5, 0.6) is 0 Å². The third kappa shape index (κ3) is 2.48. The monoisotopic (exact) mass is 300 g/mol. The van der Waals surface area contributed by atoms with Crippen molar-refractivity contribution in [2.75, 3.05) is 5.32 Å². The first-order valence-corrected chi connectivity index (χ1v) is 6.80. The predicted octanol–water partition coefficient (Wildman–Crippen LogP) is 3.48. The molecule has 0 saturated heterocycles. The molecule has 1 amide bonds. The Morgan fingerprint density at radius 3 is 2.90 bits per heavy atom. The largest absolute Gasteiger partial charge is 0.319 e. The van der Waals surface area contributed by atoms with Gasteiger partial charge in [0.1, 0.15) is 0 Å². The summed E-state index contributed by atoms with van der Waals surface area (Å²) >= 11 is 6.20. The molecule has 106 valence electrons. The maximum Gasteiger partial charge on any atom is 0.276 e. The number of aromatic nitrogens is 3. The minimum atomic E-state index is -0.317. The number of carbonyl (C=O) groups is 1. The van der Waals surface area contributed by atoms with Gasteiger partial charge in [0.05, 0.1) is 21.6 Å². The number of amides is 1. The minimum absolute atomic E-state index is 0.300. The number of H-pyrrole nitrogens is 1. The molecule has 2 aromatic heterocycles. The maximum atomic E-state index is 12.4. The number of aromatic amines is 1. The Labute approximate surface area is 126 Å². The zero-order chi connectivity index (χ0) is 15.0. The van der Waals surface area contributed by atoms with Crippen molar-refractivity contribution in [2.24, 2.45) is 0 Å². The molecule has 5 nitrogen and oxygen atoms in total. The number of anilines is 1. The van der Waals surface area contributed by atoms with Crippen LogP contribution in [0.1, 0.15) is 21.6 Å². The Bertz CT molecular complexity index is 818. The van der Waals surface area contributed by atoms with Gasteiger partial charge in [-0.3, -0.25) is 14.9 Å². The second kappa shape index (κ2) is 5.18. The van der Waals surface area contributed by atoms with Crippen LogP contribution in [-0.2, 0) is 0 Å². The van der Waals surface area contributed by atoms with Gasteiger partial charge in [-0.15, -0.1) is 0 Å². The fraction of sp³-hybridized carbons (Fsp3) is 0.133. The van der Waals surface area contributed by atoms with E-state index >= 15 is 0 Å². The van der Waals surface area contributed by atoms with E-state index in [1.165, 1.54) is 0 Å². The van der Waals surface area contributed by atoms with Gasteiger partial charge in [-0.1, -0.05) is 17.7 Å². The topological polar surface area (TPSA) is 70.7 Å². The number of hydrogen-bond acceptors (Lipinski definition) is 3. The number of aryl methyl sites for hydroxylation is 2. The van der Waals surface area contributed by atoms with Crippen LogP contribution in [-0.4, -0.2) is 21.1 Å². The average molecular weight is 301 g/mol. The highest BCUT2D eigenvalue weighted by atomic mass is 35.5. The number of nitrogens with one attached hydrogen (secondary N) is 2. The van der Waals surface area contributed by atoms with Crippen molar-refractivity contribution in [3.05, 3.63) is 52.4 Å². The number of pyridine rings is 1. The first kappa shape index (κ1) is 13.6. The molecule has 0 aliphatic rings. The number of carbonyl (C=O) groups excluding carboxylic acids is 1. The second-order valence-electron chi connectivity index (χ2n) is 4.89. The van der Waals surface area contributed by atoms with Crippen LogP contribution < -0.4 is 5.32 Å². The average Bonchev–Trinajstić information content (AvgIpc) is 2.86. The normalized spacial score (nSPS) is 10.8. The van der Waals surface area contributed by atoms with Crippen molar-refractivity contribution in [1.29, 1.82) is 0 Å². The SMILES string of the molecule is Cc1cc(C)c(NC(=O)c2n[nH]c3ccncc23)c(Cl)c1. The lowest BCUT2D eigenvalue weighted by Gasteiger charge is -2.10. The summed E-state index contributed by atoms with van der Waals surface area (Å²) in [6.45, 7) is 3.86. The predicted molar refractivity (Wildman–Crippen MR) is 82.8 cm³/mol. The molecule has 0 aliphatic heterocycles. The molecular formula is C15H13ClN4O. The second-order valence-corrected chi connectivity index (χ2v) is 5.29. The molecule has 3 aromatic rings. The number of halogens is 1. The summed E-state index contributed by atoms with van der Waals surface area (Å²) in [5.41, 5.74) is 3.62. The molecular weight excluding hydrogens is 288 g/mol. The van der Waals surface area contributed by atoms with Gasteiger partial charge in [-0.2, -0.15) is 5.10 Å². The summed E-state index contributed by atoms with van der Waals surface area (Å²) in [4.78, 5) is 16.4. The molecule has 2 heterocycles. The van der Waals surface area contributed by atoms with Crippen molar-refractivity contribution < 1.29 is 4.79 Å². The van der Waals surface area contributed by atoms with Crippen LogP contribution in [0.2, 0.25) is 5.02 Å². The van der Waals surface area contributed by atoms with Gasteiger partial charge in [0, 0.05) is 12.4 Å². The number of hydrogen-bond donors (Lipinski definition) is 2. The molecule has 1 aromatic carbocycles. The van der Waals surface area contributed by atoms with E-state index in [9.17, 15) is 4.79 Å². The Morgan fingerprint density at radius 2 is 2.14 bits per heavy atom. The third-order valence-corrected chi connectivity index (χ3v) is 3.55. The molecule has 0 atom stereocenters. The fourth-order valence-electron chi connectivity index (χ4n) is 2.28. The number of rotatable bonds is 2. The Hall–Kier alpha value is -2.40. The highest BCUT2D eigenvalue weighted by Crippen LogP contribution is 2.28. The van der Waals surface area contributed by atoms with Gasteiger partial charge in [0.25, 0.3) is 5.91 Å². The van der Waals surface area contributed by atoms with Crippen LogP contribution in [0.15, 0.2) is 30.6 Å². The lowest BCUT2D eigenvalue weighted by Crippen LogP contribution is -2.14. The number of nitrogens with zero attached hydrogens (tertiary/aromatic N) is 2. The Kier molecular flexibility index (Phi) is 3.35. The minimum Gasteiger partial charge on any atom is -0.319 e. The quantitative estimate of drug-likeness (QED) is 0.761. The van der Waals surface area contributed by atoms with E-state index in [0.717, 1.165) is 16.6 Å². The van der Waals surface area contributed by atoms with Gasteiger partial charge in [0.2, 0.25) is 0 Å². The van der Waals surface area contributed by atoms with Gasteiger partial charge in [-0.25, -0.2) is 0 Å². The smallest absolute Gasteiger partial charge is 0.276 e. The van der Waals surface area contributed by atoms with Gasteiger partial charge >= 0.3 is 0 Å². The van der Waals surface area contributed by atoms with E-state index in [4.69, 9.17) is 11.6 Å². The first-order chi connectivity index (χ1) is 10.1. The van der Waals surface area contributed by atoms with Crippen LogP contribution in [0.3, 0.4) is 0 Å². The highest BCUT2D eigenvalue weighted by molar-refractivity contribution is 6.34. The fourth-order valence-corrected chi connectivity index (χ4v) is 2.65. The van der Waals surface area contributed by atoms with Gasteiger partial charge in [-0.05, 0) is 37.1 Å². The van der Waals surface area contributed by atoms with E-state index in [1.54, 1.807) is 18.5 Å². The van der Waals surface area contributed by atoms with Crippen LogP contribution >= 0.6 is 11.6 Å². The molecule has 0 bridgehead atoms. The van der Waals surface area contributed by atoms with Crippen molar-refractivity contribution in [1.82, 2.24) is 15.2 Å². The molecule has 6 heteroatoms. The molecule has 2 N–H and O–H groups in total. The molecule has 21 heavy (non-hydrogen) atoms. The molecule has 0 unspecified atom stereocenters. The summed E-state index contributed by atoms with van der Waals surface area (Å²) in [6.07, 6.45) is 3.25. The van der Waals surface area contributed by atoms with Crippen molar-refractivity contribution in [3.8, 4) is 0 Å². The summed E-state index contributed by atoms with van der Waals surface area (Å²) in [5, 5.41) is 10.9. The number of fused-ring (bicyclic) bond motifs is 1. The molecule has 0 aliphatic carbocycles. The van der Waals surface area contributed by atoms with E-state index in [1.807, 2.05) is 26.0 Å². The van der Waals surface area contributed by atoms with Crippen LogP contribution in [0.25, 0.3) is 10.9 Å². The van der Waals surface area contributed by atoms with E-state index in [2.05, 4.69) is 20.5 Å². The summed E-state index contributed by atoms with van der Waals surface area (Å²) in [5.74, 6) is -0.317. The first-order valence-electron chi connectivity index (χ1n) is 6.42. The lowest BCUT2D eigenvalue weighted by atomic mass is 10.1. The summed E-state index contributed by atoms with van der Waals surface area (Å²) in [6, 6.07) is 5.54. The summed E-state index contributed by atoms with van der Waals surface area (Å²) < 4.78 is 0. The molecule has 0 radical (unpaired) electrons. The summed E-state index contributed by atoms with van der Waals surface area (Å²) in [7, 11) is 0. The Morgan fingerprint density at radius 1 is 1.33 bits per heavy atom. The zero-order valence-corrected chi connectivity index (χ0v) is 12.3. The third-order valence-electron chi connectivity index (χ3n) is 3.25. The van der Waals surface area contributed by atoms with E-state index in [-0.39, 0.29) is 5.91 Å². The maximum absolute atomic E-state index is 12.4. The standard InChI is InChI=1S/C15H13ClN4O/c1-8-5-9(2)13(11(16)6-8)18-15(21)14-10-7-17-4-3-12(10)19-20-14/h3-7H,1-2H3,(H,18,21)(H,19,20). The molecule has 0 fully saturated rings. The molecule has 0 saturated carbocycles. The van der Waals surface area contributed by atoms with Crippen LogP contribution in [0, 0.1) is 13.8 Å². The van der Waals surface area contributed by atoms with Crippen molar-refractivity contribution in [2.45, 2.75) is 13.8 Å². The van der Waals surface area contributed by atoms with E-state index in [0.29, 0.717) is 21.8 Å². The molecule has 0 spiro atoms. The lowest BCUT2D eigenvalue weighted by molar-refractivity contribution is 0.102. The molecule has 3 rings (SSSR count). The zero-order valence-electron chi connectivity index (χ0n) is 11.6. The van der Waals surface area contributed by atoms with Gasteiger partial charge < -0.3 is 5.32 Å². The van der Waals surface area contributed by atoms with Crippen molar-refractivity contribution in [3.63, 3.8) is 0 Å².